The lowest BCUT2D eigenvalue weighted by atomic mass is 9.88. The van der Waals surface area contributed by atoms with Crippen molar-refractivity contribution in [1.29, 1.82) is 0 Å². The van der Waals surface area contributed by atoms with Crippen molar-refractivity contribution >= 4 is 45.3 Å². The molecule has 2 aromatic heterocycles. The number of ether oxygens (including phenoxy) is 2. The van der Waals surface area contributed by atoms with Crippen molar-refractivity contribution in [2.24, 2.45) is 0 Å². The second-order valence-electron chi connectivity index (χ2n) is 8.19. The zero-order chi connectivity index (χ0) is 24.9. The number of imidazole rings is 1. The SMILES string of the molecule is O=C1OC(O)(c2ccc(OC(F)F)cc2)C(Cc2ccc3[nH]cnc3c2)=C1c1ccc2nsnc2c1. The van der Waals surface area contributed by atoms with Gasteiger partial charge in [0.2, 0.25) is 0 Å². The molecule has 0 spiro atoms. The van der Waals surface area contributed by atoms with Gasteiger partial charge in [-0.15, -0.1) is 0 Å². The Morgan fingerprint density at radius 2 is 1.83 bits per heavy atom. The third-order valence-electron chi connectivity index (χ3n) is 6.04. The monoisotopic (exact) mass is 506 g/mol. The number of carbonyl (C=O) groups is 1. The van der Waals surface area contributed by atoms with E-state index in [-0.39, 0.29) is 23.3 Å². The minimum absolute atomic E-state index is 0.0853. The van der Waals surface area contributed by atoms with Crippen LogP contribution in [0, 0.1) is 0 Å². The third-order valence-corrected chi connectivity index (χ3v) is 6.59. The zero-order valence-electron chi connectivity index (χ0n) is 18.3. The van der Waals surface area contributed by atoms with Gasteiger partial charge in [0.1, 0.15) is 16.8 Å². The van der Waals surface area contributed by atoms with Crippen molar-refractivity contribution in [1.82, 2.24) is 18.7 Å². The Kier molecular flexibility index (Phi) is 5.23. The second-order valence-corrected chi connectivity index (χ2v) is 8.72. The minimum Gasteiger partial charge on any atom is -0.435 e. The molecule has 11 heteroatoms. The number of rotatable bonds is 6. The summed E-state index contributed by atoms with van der Waals surface area (Å²) in [6, 6.07) is 16.1. The molecule has 3 aromatic carbocycles. The van der Waals surface area contributed by atoms with E-state index in [1.807, 2.05) is 18.2 Å². The summed E-state index contributed by atoms with van der Waals surface area (Å²) in [7, 11) is 0. The highest BCUT2D eigenvalue weighted by molar-refractivity contribution is 7.00. The zero-order valence-corrected chi connectivity index (χ0v) is 19.1. The van der Waals surface area contributed by atoms with Gasteiger partial charge in [-0.3, -0.25) is 0 Å². The minimum atomic E-state index is -2.99. The molecule has 0 bridgehead atoms. The summed E-state index contributed by atoms with van der Waals surface area (Å²) in [5, 5.41) is 11.8. The molecule has 2 N–H and O–H groups in total. The van der Waals surface area contributed by atoms with Gasteiger partial charge in [-0.05, 0) is 59.7 Å². The highest BCUT2D eigenvalue weighted by Crippen LogP contribution is 2.45. The fourth-order valence-electron chi connectivity index (χ4n) is 4.36. The van der Waals surface area contributed by atoms with Crippen molar-refractivity contribution < 1.29 is 28.2 Å². The number of alkyl halides is 2. The van der Waals surface area contributed by atoms with E-state index in [0.717, 1.165) is 28.3 Å². The summed E-state index contributed by atoms with van der Waals surface area (Å²) in [5.41, 5.74) is 4.86. The summed E-state index contributed by atoms with van der Waals surface area (Å²) in [6.07, 6.45) is 1.74. The van der Waals surface area contributed by atoms with Crippen LogP contribution in [0.3, 0.4) is 0 Å². The fraction of sp³-hybridized carbons (Fsp3) is 0.120. The number of carbonyl (C=O) groups excluding carboxylic acids is 1. The summed E-state index contributed by atoms with van der Waals surface area (Å²) >= 11 is 1.06. The lowest BCUT2D eigenvalue weighted by Crippen LogP contribution is -2.29. The molecule has 1 unspecified atom stereocenters. The van der Waals surface area contributed by atoms with E-state index >= 15 is 0 Å². The second kappa shape index (κ2) is 8.47. The number of cyclic esters (lactones) is 1. The summed E-state index contributed by atoms with van der Waals surface area (Å²) < 4.78 is 43.6. The van der Waals surface area contributed by atoms with Crippen LogP contribution >= 0.6 is 11.7 Å². The first-order valence-corrected chi connectivity index (χ1v) is 11.5. The number of aromatic amines is 1. The molecule has 1 aliphatic rings. The molecule has 36 heavy (non-hydrogen) atoms. The van der Waals surface area contributed by atoms with Gasteiger partial charge in [-0.2, -0.15) is 17.5 Å². The molecule has 0 amide bonds. The fourth-order valence-corrected chi connectivity index (χ4v) is 4.88. The summed E-state index contributed by atoms with van der Waals surface area (Å²) in [4.78, 5) is 20.5. The molecule has 1 atom stereocenters. The maximum absolute atomic E-state index is 13.2. The number of benzene rings is 3. The number of nitrogens with zero attached hydrogens (tertiary/aromatic N) is 3. The number of aliphatic hydroxyl groups is 1. The van der Waals surface area contributed by atoms with Crippen LogP contribution < -0.4 is 4.74 Å². The van der Waals surface area contributed by atoms with Crippen molar-refractivity contribution in [3.63, 3.8) is 0 Å². The van der Waals surface area contributed by atoms with Gasteiger partial charge < -0.3 is 19.6 Å². The van der Waals surface area contributed by atoms with Gasteiger partial charge >= 0.3 is 12.6 Å². The molecule has 0 saturated heterocycles. The Morgan fingerprint density at radius 3 is 2.64 bits per heavy atom. The Hall–Kier alpha value is -4.22. The largest absolute Gasteiger partial charge is 0.435 e. The van der Waals surface area contributed by atoms with E-state index < -0.39 is 18.4 Å². The molecule has 0 aliphatic carbocycles. The Labute approximate surface area is 206 Å². The van der Waals surface area contributed by atoms with E-state index in [0.29, 0.717) is 22.2 Å². The highest BCUT2D eigenvalue weighted by Gasteiger charge is 2.48. The average Bonchev–Trinajstić information content (AvgIpc) is 3.57. The van der Waals surface area contributed by atoms with Crippen molar-refractivity contribution in [2.75, 3.05) is 0 Å². The van der Waals surface area contributed by atoms with Crippen LogP contribution in [0.5, 0.6) is 5.75 Å². The predicted octanol–water partition coefficient (Wildman–Crippen LogP) is 4.57. The number of halogens is 2. The van der Waals surface area contributed by atoms with E-state index in [1.165, 1.54) is 24.3 Å². The molecule has 180 valence electrons. The van der Waals surface area contributed by atoms with Gasteiger partial charge in [0.25, 0.3) is 5.79 Å². The molecular weight excluding hydrogens is 490 g/mol. The third kappa shape index (κ3) is 3.78. The quantitative estimate of drug-likeness (QED) is 0.325. The number of nitrogens with one attached hydrogen (secondary N) is 1. The van der Waals surface area contributed by atoms with Crippen LogP contribution in [0.4, 0.5) is 8.78 Å². The van der Waals surface area contributed by atoms with Gasteiger partial charge in [0.05, 0.1) is 34.7 Å². The molecular formula is C25H16F2N4O4S. The number of hydrogen-bond acceptors (Lipinski definition) is 8. The predicted molar refractivity (Wildman–Crippen MR) is 127 cm³/mol. The molecule has 6 rings (SSSR count). The van der Waals surface area contributed by atoms with E-state index in [2.05, 4.69) is 23.5 Å². The van der Waals surface area contributed by atoms with Crippen LogP contribution in [-0.2, 0) is 21.7 Å². The molecule has 0 fully saturated rings. The molecule has 0 radical (unpaired) electrons. The normalized spacial score (nSPS) is 17.9. The standard InChI is InChI=1S/C25H16F2N4O4S/c26-24(27)34-16-5-3-15(4-6-16)25(33)17(9-13-1-7-18-20(10-13)29-12-28-18)22(23(32)35-25)14-2-8-19-21(11-14)31-36-30-19/h1-8,10-12,24,33H,9H2,(H,28,29). The first-order chi connectivity index (χ1) is 17.4. The first-order valence-electron chi connectivity index (χ1n) is 10.8. The average molecular weight is 506 g/mol. The van der Waals surface area contributed by atoms with Gasteiger partial charge in [-0.1, -0.05) is 12.1 Å². The Morgan fingerprint density at radius 1 is 1.03 bits per heavy atom. The van der Waals surface area contributed by atoms with E-state index in [4.69, 9.17) is 4.74 Å². The van der Waals surface area contributed by atoms with Crippen LogP contribution in [0.25, 0.3) is 27.6 Å². The molecule has 0 saturated carbocycles. The van der Waals surface area contributed by atoms with Crippen LogP contribution in [0.1, 0.15) is 16.7 Å². The van der Waals surface area contributed by atoms with Crippen LogP contribution in [0.2, 0.25) is 0 Å². The lowest BCUT2D eigenvalue weighted by Gasteiger charge is -2.26. The topological polar surface area (TPSA) is 110 Å². The summed E-state index contributed by atoms with van der Waals surface area (Å²) in [6.45, 7) is -2.99. The Bertz CT molecular complexity index is 1650. The number of aromatic nitrogens is 4. The van der Waals surface area contributed by atoms with Gasteiger partial charge in [0.15, 0.2) is 0 Å². The Balaban J connectivity index is 1.49. The number of esters is 1. The van der Waals surface area contributed by atoms with Crippen molar-refractivity contribution in [3.8, 4) is 5.75 Å². The van der Waals surface area contributed by atoms with E-state index in [9.17, 15) is 18.7 Å². The van der Waals surface area contributed by atoms with Crippen LogP contribution in [-0.4, -0.2) is 36.4 Å². The molecule has 5 aromatic rings. The van der Waals surface area contributed by atoms with Gasteiger partial charge in [0, 0.05) is 17.6 Å². The van der Waals surface area contributed by atoms with Crippen molar-refractivity contribution in [3.05, 3.63) is 89.3 Å². The number of fused-ring (bicyclic) bond motifs is 2. The van der Waals surface area contributed by atoms with Crippen molar-refractivity contribution in [2.45, 2.75) is 18.8 Å². The smallest absolute Gasteiger partial charge is 0.387 e. The van der Waals surface area contributed by atoms with E-state index in [1.54, 1.807) is 24.5 Å². The van der Waals surface area contributed by atoms with Crippen LogP contribution in [0.15, 0.2) is 72.6 Å². The lowest BCUT2D eigenvalue weighted by molar-refractivity contribution is -0.185. The maximum atomic E-state index is 13.2. The maximum Gasteiger partial charge on any atom is 0.387 e. The summed E-state index contributed by atoms with van der Waals surface area (Å²) in [5.74, 6) is -2.94. The molecule has 8 nitrogen and oxygen atoms in total. The number of hydrogen-bond donors (Lipinski definition) is 2. The molecule has 3 heterocycles. The first kappa shape index (κ1) is 22.3. The highest BCUT2D eigenvalue weighted by atomic mass is 32.1. The number of H-pyrrole nitrogens is 1. The molecule has 1 aliphatic heterocycles. The van der Waals surface area contributed by atoms with Gasteiger partial charge in [-0.25, -0.2) is 9.78 Å².